The van der Waals surface area contributed by atoms with Crippen LogP contribution >= 0.6 is 0 Å². The fraction of sp³-hybridized carbons (Fsp3) is 0.0833. The molecule has 0 aromatic carbocycles. The number of carbonyl (C=O) groups is 2. The van der Waals surface area contributed by atoms with E-state index in [0.29, 0.717) is 0 Å². The van der Waals surface area contributed by atoms with Crippen molar-refractivity contribution in [1.29, 1.82) is 0 Å². The summed E-state index contributed by atoms with van der Waals surface area (Å²) in [4.78, 5) is 34.5. The smallest absolute Gasteiger partial charge is 0.550 e. The molecule has 0 bridgehead atoms. The van der Waals surface area contributed by atoms with Crippen LogP contribution in [0.3, 0.4) is 0 Å². The average Bonchev–Trinajstić information content (AvgIpc) is 2.81. The van der Waals surface area contributed by atoms with Crippen molar-refractivity contribution in [2.45, 2.75) is 13.8 Å². The van der Waals surface area contributed by atoms with E-state index >= 15 is 0 Å². The number of rotatable bonds is 2. The van der Waals surface area contributed by atoms with E-state index in [1.54, 1.807) is 24.8 Å². The van der Waals surface area contributed by atoms with Crippen molar-refractivity contribution in [2.24, 2.45) is 0 Å². The third-order valence-electron chi connectivity index (χ3n) is 3.18. The summed E-state index contributed by atoms with van der Waals surface area (Å²) in [5.41, 5.74) is 3.66. The topological polar surface area (TPSA) is 132 Å². The second kappa shape index (κ2) is 17.7. The number of nitrogens with zero attached hydrogens (tertiary/aromatic N) is 4. The standard InChI is InChI=1S/2C10H8N2.2C2H4O2.Cr/c2*1-3-7-11-9(5-1)10-6-2-4-8-12-10;2*1-2(3)4;/h2*1-8H;2*1H3,(H,3,4);/q;;;;+2/p-2. The number of hydrogen-bond donors (Lipinski definition) is 0. The van der Waals surface area contributed by atoms with Gasteiger partial charge in [0.15, 0.2) is 0 Å². The molecule has 168 valence electrons. The monoisotopic (exact) mass is 482 g/mol. The van der Waals surface area contributed by atoms with Gasteiger partial charge in [0.25, 0.3) is 0 Å². The van der Waals surface area contributed by atoms with Gasteiger partial charge in [0, 0.05) is 36.7 Å². The second-order valence-corrected chi connectivity index (χ2v) is 5.84. The molecule has 0 unspecified atom stereocenters. The Balaban J connectivity index is 0.000000462. The zero-order chi connectivity index (χ0) is 23.6. The van der Waals surface area contributed by atoms with Gasteiger partial charge in [-0.3, -0.25) is 19.9 Å². The van der Waals surface area contributed by atoms with Crippen molar-refractivity contribution in [2.75, 3.05) is 0 Å². The summed E-state index contributed by atoms with van der Waals surface area (Å²) in [5, 5.41) is 17.8. The third kappa shape index (κ3) is 14.7. The van der Waals surface area contributed by atoms with Gasteiger partial charge in [-0.2, -0.15) is 0 Å². The van der Waals surface area contributed by atoms with Gasteiger partial charge in [-0.05, 0) is 62.4 Å². The van der Waals surface area contributed by atoms with Crippen LogP contribution in [0.2, 0.25) is 0 Å². The van der Waals surface area contributed by atoms with E-state index in [-0.39, 0.29) is 17.4 Å². The summed E-state index contributed by atoms with van der Waals surface area (Å²) in [7, 11) is 0. The zero-order valence-electron chi connectivity index (χ0n) is 18.1. The third-order valence-corrected chi connectivity index (χ3v) is 3.18. The van der Waals surface area contributed by atoms with Crippen LogP contribution in [0.25, 0.3) is 22.8 Å². The molecule has 4 rings (SSSR count). The molecular weight excluding hydrogens is 460 g/mol. The van der Waals surface area contributed by atoms with Crippen molar-refractivity contribution < 1.29 is 37.2 Å². The van der Waals surface area contributed by atoms with E-state index in [9.17, 15) is 0 Å². The Bertz CT molecular complexity index is 869. The maximum atomic E-state index is 8.89. The van der Waals surface area contributed by atoms with Gasteiger partial charge < -0.3 is 19.8 Å². The quantitative estimate of drug-likeness (QED) is 0.423. The molecule has 9 heteroatoms. The number of aromatic nitrogens is 4. The van der Waals surface area contributed by atoms with E-state index in [1.165, 1.54) is 0 Å². The summed E-state index contributed by atoms with van der Waals surface area (Å²) in [5.74, 6) is -2.17. The number of hydrogen-bond acceptors (Lipinski definition) is 8. The molecule has 0 aliphatic rings. The molecule has 0 N–H and O–H groups in total. The normalized spacial score (nSPS) is 8.55. The SMILES string of the molecule is CC(=O)[O-].CC(=O)[O-].[Cr+2].c1ccc(-c2ccccn2)nc1.c1ccc(-c2ccccn2)nc1. The number of pyridine rings is 4. The van der Waals surface area contributed by atoms with Gasteiger partial charge in [-0.1, -0.05) is 24.3 Å². The van der Waals surface area contributed by atoms with Crippen LogP contribution in [-0.4, -0.2) is 31.9 Å². The molecule has 0 radical (unpaired) electrons. The van der Waals surface area contributed by atoms with Crippen molar-refractivity contribution in [3.05, 3.63) is 97.6 Å². The minimum atomic E-state index is -1.08. The first-order valence-corrected chi connectivity index (χ1v) is 9.40. The first-order chi connectivity index (χ1) is 15.4. The van der Waals surface area contributed by atoms with Gasteiger partial charge in [0.05, 0.1) is 22.8 Å². The minimum Gasteiger partial charge on any atom is -0.550 e. The number of carboxylic acid groups (broad SMARTS) is 2. The Morgan fingerprint density at radius 3 is 0.818 bits per heavy atom. The zero-order valence-corrected chi connectivity index (χ0v) is 19.3. The van der Waals surface area contributed by atoms with Crippen molar-refractivity contribution in [3.63, 3.8) is 0 Å². The van der Waals surface area contributed by atoms with Crippen molar-refractivity contribution in [3.8, 4) is 22.8 Å². The molecule has 4 aromatic heterocycles. The van der Waals surface area contributed by atoms with Crippen LogP contribution in [0.15, 0.2) is 97.6 Å². The van der Waals surface area contributed by atoms with Gasteiger partial charge in [-0.15, -0.1) is 0 Å². The van der Waals surface area contributed by atoms with Crippen molar-refractivity contribution >= 4 is 11.9 Å². The number of aliphatic carboxylic acids is 2. The van der Waals surface area contributed by atoms with E-state index in [0.717, 1.165) is 36.6 Å². The molecule has 33 heavy (non-hydrogen) atoms. The summed E-state index contributed by atoms with van der Waals surface area (Å²) >= 11 is 0. The predicted molar refractivity (Wildman–Crippen MR) is 116 cm³/mol. The Labute approximate surface area is 203 Å². The number of carbonyl (C=O) groups excluding carboxylic acids is 2. The Hall–Kier alpha value is -3.93. The maximum Gasteiger partial charge on any atom is 2.00 e. The van der Waals surface area contributed by atoms with Crippen LogP contribution in [0.5, 0.6) is 0 Å². The fourth-order valence-electron chi connectivity index (χ4n) is 2.06. The molecular formula is C24H22CrN4O4. The van der Waals surface area contributed by atoms with Crippen LogP contribution < -0.4 is 10.2 Å². The van der Waals surface area contributed by atoms with Crippen LogP contribution in [0.4, 0.5) is 0 Å². The second-order valence-electron chi connectivity index (χ2n) is 5.84. The first kappa shape index (κ1) is 29.1. The van der Waals surface area contributed by atoms with E-state index in [4.69, 9.17) is 19.8 Å². The molecule has 4 aromatic rings. The van der Waals surface area contributed by atoms with Gasteiger partial charge in [-0.25, -0.2) is 0 Å². The Morgan fingerprint density at radius 1 is 0.515 bits per heavy atom. The maximum absolute atomic E-state index is 8.89. The molecule has 0 aliphatic carbocycles. The fourth-order valence-corrected chi connectivity index (χ4v) is 2.06. The predicted octanol–water partition coefficient (Wildman–Crippen LogP) is 1.80. The summed E-state index contributed by atoms with van der Waals surface area (Å²) in [6.45, 7) is 1.94. The van der Waals surface area contributed by atoms with E-state index < -0.39 is 11.9 Å². The van der Waals surface area contributed by atoms with E-state index in [1.807, 2.05) is 72.8 Å². The molecule has 0 saturated carbocycles. The van der Waals surface area contributed by atoms with Crippen LogP contribution in [-0.2, 0) is 27.0 Å². The van der Waals surface area contributed by atoms with E-state index in [2.05, 4.69) is 19.9 Å². The summed E-state index contributed by atoms with van der Waals surface area (Å²) in [6.07, 6.45) is 7.07. The number of carboxylic acids is 2. The molecule has 0 atom stereocenters. The van der Waals surface area contributed by atoms with Gasteiger partial charge in [0.1, 0.15) is 0 Å². The molecule has 0 spiro atoms. The molecule has 4 heterocycles. The largest absolute Gasteiger partial charge is 2.00 e. The Kier molecular flexibility index (Phi) is 15.6. The van der Waals surface area contributed by atoms with Crippen LogP contribution in [0, 0.1) is 0 Å². The van der Waals surface area contributed by atoms with Gasteiger partial charge in [0.2, 0.25) is 0 Å². The molecule has 8 nitrogen and oxygen atoms in total. The molecule has 0 fully saturated rings. The van der Waals surface area contributed by atoms with Crippen LogP contribution in [0.1, 0.15) is 13.8 Å². The summed E-state index contributed by atoms with van der Waals surface area (Å²) in [6, 6.07) is 23.2. The Morgan fingerprint density at radius 2 is 0.697 bits per heavy atom. The van der Waals surface area contributed by atoms with Crippen molar-refractivity contribution in [1.82, 2.24) is 19.9 Å². The summed E-state index contributed by atoms with van der Waals surface area (Å²) < 4.78 is 0. The van der Waals surface area contributed by atoms with Gasteiger partial charge >= 0.3 is 17.4 Å². The molecule has 0 aliphatic heterocycles. The average molecular weight is 482 g/mol. The molecule has 0 saturated heterocycles. The molecule has 0 amide bonds. The minimum absolute atomic E-state index is 0. The first-order valence-electron chi connectivity index (χ1n) is 9.40.